The summed E-state index contributed by atoms with van der Waals surface area (Å²) in [6, 6.07) is 12.3. The van der Waals surface area contributed by atoms with Gasteiger partial charge in [0.25, 0.3) is 5.69 Å². The van der Waals surface area contributed by atoms with Crippen LogP contribution in [0.2, 0.25) is 0 Å². The predicted molar refractivity (Wildman–Crippen MR) is 94.7 cm³/mol. The Morgan fingerprint density at radius 2 is 1.84 bits per heavy atom. The van der Waals surface area contributed by atoms with E-state index in [1.807, 2.05) is 24.3 Å². The van der Waals surface area contributed by atoms with Gasteiger partial charge in [-0.05, 0) is 23.3 Å². The molecule has 7 heteroatoms. The quantitative estimate of drug-likeness (QED) is 0.540. The van der Waals surface area contributed by atoms with Crippen molar-refractivity contribution in [1.82, 2.24) is 9.97 Å². The van der Waals surface area contributed by atoms with Crippen molar-refractivity contribution in [2.45, 2.75) is 0 Å². The lowest BCUT2D eigenvalue weighted by molar-refractivity contribution is -0.384. The number of nitrogens with zero attached hydrogens (tertiary/aromatic N) is 4. The minimum Gasteiger partial charge on any atom is -0.378 e. The molecule has 1 aliphatic rings. The highest BCUT2D eigenvalue weighted by atomic mass is 16.6. The van der Waals surface area contributed by atoms with E-state index in [0.717, 1.165) is 41.1 Å². The summed E-state index contributed by atoms with van der Waals surface area (Å²) < 4.78 is 5.37. The molecule has 0 bridgehead atoms. The molecule has 2 heterocycles. The molecule has 1 aliphatic heterocycles. The van der Waals surface area contributed by atoms with Gasteiger partial charge in [0.1, 0.15) is 5.82 Å². The number of fused-ring (bicyclic) bond motifs is 1. The van der Waals surface area contributed by atoms with E-state index in [1.165, 1.54) is 6.07 Å². The molecule has 0 N–H and O–H groups in total. The number of nitro groups is 1. The predicted octanol–water partition coefficient (Wildman–Crippen LogP) is 3.04. The number of benzene rings is 2. The van der Waals surface area contributed by atoms with E-state index in [0.29, 0.717) is 13.2 Å². The molecule has 1 aromatic heterocycles. The van der Waals surface area contributed by atoms with Crippen molar-refractivity contribution in [1.29, 1.82) is 0 Å². The largest absolute Gasteiger partial charge is 0.378 e. The van der Waals surface area contributed by atoms with Gasteiger partial charge in [-0.25, -0.2) is 4.98 Å². The molecule has 2 aromatic carbocycles. The summed E-state index contributed by atoms with van der Waals surface area (Å²) in [5.74, 6) is 0.826. The minimum atomic E-state index is -0.388. The van der Waals surface area contributed by atoms with Crippen LogP contribution in [0.4, 0.5) is 11.5 Å². The van der Waals surface area contributed by atoms with Gasteiger partial charge < -0.3 is 9.64 Å². The van der Waals surface area contributed by atoms with Gasteiger partial charge in [0.05, 0.1) is 35.4 Å². The van der Waals surface area contributed by atoms with Crippen molar-refractivity contribution in [3.05, 3.63) is 58.8 Å². The van der Waals surface area contributed by atoms with Crippen LogP contribution in [0.3, 0.4) is 0 Å². The van der Waals surface area contributed by atoms with Gasteiger partial charge in [0.15, 0.2) is 0 Å². The average Bonchev–Trinajstić information content (AvgIpc) is 2.68. The molecule has 0 radical (unpaired) electrons. The van der Waals surface area contributed by atoms with Gasteiger partial charge in [-0.1, -0.05) is 18.2 Å². The number of non-ortho nitro benzene ring substituents is 1. The molecule has 0 saturated carbocycles. The molecule has 0 unspecified atom stereocenters. The van der Waals surface area contributed by atoms with E-state index in [2.05, 4.69) is 9.88 Å². The number of rotatable bonds is 3. The minimum absolute atomic E-state index is 0.0748. The fourth-order valence-corrected chi connectivity index (χ4v) is 2.93. The van der Waals surface area contributed by atoms with Gasteiger partial charge in [-0.15, -0.1) is 0 Å². The molecule has 0 spiro atoms. The number of hydrogen-bond donors (Lipinski definition) is 0. The van der Waals surface area contributed by atoms with Crippen LogP contribution in [0.5, 0.6) is 0 Å². The topological polar surface area (TPSA) is 81.4 Å². The lowest BCUT2D eigenvalue weighted by Gasteiger charge is -2.27. The molecule has 1 fully saturated rings. The van der Waals surface area contributed by atoms with E-state index in [4.69, 9.17) is 9.72 Å². The van der Waals surface area contributed by atoms with Crippen molar-refractivity contribution >= 4 is 22.5 Å². The van der Waals surface area contributed by atoms with Crippen LogP contribution in [0.25, 0.3) is 22.2 Å². The molecule has 4 rings (SSSR count). The maximum atomic E-state index is 11.0. The Morgan fingerprint density at radius 1 is 1.04 bits per heavy atom. The zero-order chi connectivity index (χ0) is 17.2. The summed E-state index contributed by atoms with van der Waals surface area (Å²) >= 11 is 0. The first-order valence-electron chi connectivity index (χ1n) is 8.05. The first kappa shape index (κ1) is 15.5. The first-order valence-corrected chi connectivity index (χ1v) is 8.05. The van der Waals surface area contributed by atoms with Crippen molar-refractivity contribution < 1.29 is 9.66 Å². The van der Waals surface area contributed by atoms with Crippen LogP contribution >= 0.6 is 0 Å². The molecule has 126 valence electrons. The normalized spacial score (nSPS) is 14.6. The number of anilines is 1. The number of morpholine rings is 1. The van der Waals surface area contributed by atoms with E-state index in [-0.39, 0.29) is 10.6 Å². The van der Waals surface area contributed by atoms with Crippen molar-refractivity contribution in [2.24, 2.45) is 0 Å². The summed E-state index contributed by atoms with van der Waals surface area (Å²) in [5.41, 5.74) is 3.31. The van der Waals surface area contributed by atoms with Gasteiger partial charge in [-0.2, -0.15) is 0 Å². The van der Waals surface area contributed by atoms with Gasteiger partial charge >= 0.3 is 0 Å². The molecular weight excluding hydrogens is 320 g/mol. The van der Waals surface area contributed by atoms with Crippen molar-refractivity contribution in [2.75, 3.05) is 31.2 Å². The van der Waals surface area contributed by atoms with Gasteiger partial charge in [0, 0.05) is 25.2 Å². The fraction of sp³-hybridized carbons (Fsp3) is 0.222. The Morgan fingerprint density at radius 3 is 2.64 bits per heavy atom. The molecular formula is C18H16N4O3. The van der Waals surface area contributed by atoms with Crippen molar-refractivity contribution in [3.8, 4) is 11.1 Å². The van der Waals surface area contributed by atoms with Crippen molar-refractivity contribution in [3.63, 3.8) is 0 Å². The number of hydrogen-bond acceptors (Lipinski definition) is 6. The zero-order valence-electron chi connectivity index (χ0n) is 13.5. The summed E-state index contributed by atoms with van der Waals surface area (Å²) in [4.78, 5) is 21.9. The van der Waals surface area contributed by atoms with Crippen LogP contribution in [-0.4, -0.2) is 41.2 Å². The molecule has 0 amide bonds. The summed E-state index contributed by atoms with van der Waals surface area (Å²) in [6.45, 7) is 2.97. The second-order valence-electron chi connectivity index (χ2n) is 5.84. The van der Waals surface area contributed by atoms with Gasteiger partial charge in [0.2, 0.25) is 0 Å². The Bertz CT molecular complexity index is 939. The molecule has 7 nitrogen and oxygen atoms in total. The lowest BCUT2D eigenvalue weighted by Crippen LogP contribution is -2.36. The highest BCUT2D eigenvalue weighted by Crippen LogP contribution is 2.27. The van der Waals surface area contributed by atoms with E-state index in [9.17, 15) is 10.1 Å². The smallest absolute Gasteiger partial charge is 0.270 e. The van der Waals surface area contributed by atoms with Crippen LogP contribution in [0.1, 0.15) is 0 Å². The molecule has 25 heavy (non-hydrogen) atoms. The van der Waals surface area contributed by atoms with E-state index in [1.54, 1.807) is 18.3 Å². The van der Waals surface area contributed by atoms with Gasteiger partial charge in [-0.3, -0.25) is 15.1 Å². The van der Waals surface area contributed by atoms with Crippen LogP contribution in [0, 0.1) is 10.1 Å². The Kier molecular flexibility index (Phi) is 3.99. The molecule has 0 aliphatic carbocycles. The van der Waals surface area contributed by atoms with E-state index >= 15 is 0 Å². The molecule has 0 atom stereocenters. The Hall–Kier alpha value is -3.06. The summed E-state index contributed by atoms with van der Waals surface area (Å²) in [6.07, 6.45) is 1.78. The highest BCUT2D eigenvalue weighted by molar-refractivity contribution is 5.82. The molecule has 3 aromatic rings. The van der Waals surface area contributed by atoms with E-state index < -0.39 is 0 Å². The maximum Gasteiger partial charge on any atom is 0.270 e. The SMILES string of the molecule is O=[N+]([O-])c1cccc(-c2ccc3ncc(N4CCOCC4)nc3c2)c1. The monoisotopic (exact) mass is 336 g/mol. The Labute approximate surface area is 144 Å². The number of nitro benzene ring substituents is 1. The second-order valence-corrected chi connectivity index (χ2v) is 5.84. The third kappa shape index (κ3) is 3.14. The van der Waals surface area contributed by atoms with Crippen LogP contribution in [0.15, 0.2) is 48.7 Å². The average molecular weight is 336 g/mol. The third-order valence-corrected chi connectivity index (χ3v) is 4.25. The standard InChI is InChI=1S/C18H16N4O3/c23-22(24)15-3-1-2-13(10-15)14-4-5-16-17(11-14)20-18(12-19-16)21-6-8-25-9-7-21/h1-5,10-12H,6-9H2. The highest BCUT2D eigenvalue weighted by Gasteiger charge is 2.14. The zero-order valence-corrected chi connectivity index (χ0v) is 13.5. The number of aromatic nitrogens is 2. The first-order chi connectivity index (χ1) is 12.2. The lowest BCUT2D eigenvalue weighted by atomic mass is 10.0. The number of ether oxygens (including phenoxy) is 1. The summed E-state index contributed by atoms with van der Waals surface area (Å²) in [7, 11) is 0. The van der Waals surface area contributed by atoms with Crippen LogP contribution in [-0.2, 0) is 4.74 Å². The molecule has 1 saturated heterocycles. The fourth-order valence-electron chi connectivity index (χ4n) is 2.93. The Balaban J connectivity index is 1.73. The second kappa shape index (κ2) is 6.45. The third-order valence-electron chi connectivity index (χ3n) is 4.25. The van der Waals surface area contributed by atoms with Crippen LogP contribution < -0.4 is 4.90 Å². The maximum absolute atomic E-state index is 11.0. The summed E-state index contributed by atoms with van der Waals surface area (Å²) in [5, 5.41) is 11.0.